The van der Waals surface area contributed by atoms with Gasteiger partial charge < -0.3 is 4.74 Å². The van der Waals surface area contributed by atoms with Gasteiger partial charge >= 0.3 is 5.97 Å². The van der Waals surface area contributed by atoms with E-state index in [1.807, 2.05) is 24.3 Å². The van der Waals surface area contributed by atoms with E-state index in [4.69, 9.17) is 4.74 Å². The van der Waals surface area contributed by atoms with Crippen LogP contribution in [-0.2, 0) is 14.3 Å². The van der Waals surface area contributed by atoms with Crippen molar-refractivity contribution in [3.63, 3.8) is 0 Å². The Kier molecular flexibility index (Phi) is 3.37. The van der Waals surface area contributed by atoms with Crippen LogP contribution < -0.4 is 0 Å². The zero-order valence-corrected chi connectivity index (χ0v) is 13.4. The molecule has 1 aromatic heterocycles. The highest BCUT2D eigenvalue weighted by molar-refractivity contribution is 6.02. The molecule has 1 aromatic carbocycles. The van der Waals surface area contributed by atoms with Crippen molar-refractivity contribution >= 4 is 28.6 Å². The summed E-state index contributed by atoms with van der Waals surface area (Å²) in [6, 6.07) is 7.57. The lowest BCUT2D eigenvalue weighted by molar-refractivity contribution is -0.142. The second-order valence-electron chi connectivity index (χ2n) is 6.33. The highest BCUT2D eigenvalue weighted by atomic mass is 16.5. The number of allylic oxidation sites excluding steroid dienone is 2. The largest absolute Gasteiger partial charge is 0.431 e. The minimum atomic E-state index is -0.334. The lowest BCUT2D eigenvalue weighted by atomic mass is 9.79. The first-order chi connectivity index (χ1) is 11.6. The Morgan fingerprint density at radius 1 is 1.21 bits per heavy atom. The fraction of sp³-hybridized carbons (Fsp3) is 0.316. The smallest absolute Gasteiger partial charge is 0.311 e. The third kappa shape index (κ3) is 2.19. The van der Waals surface area contributed by atoms with Crippen LogP contribution in [0.15, 0.2) is 41.8 Å². The predicted octanol–water partition coefficient (Wildman–Crippen LogP) is 3.34. The minimum Gasteiger partial charge on any atom is -0.431 e. The Morgan fingerprint density at radius 2 is 2.00 bits per heavy atom. The van der Waals surface area contributed by atoms with E-state index in [0.717, 1.165) is 16.5 Å². The summed E-state index contributed by atoms with van der Waals surface area (Å²) in [5.74, 6) is -0.173. The van der Waals surface area contributed by atoms with E-state index < -0.39 is 0 Å². The maximum atomic E-state index is 12.5. The molecule has 0 unspecified atom stereocenters. The van der Waals surface area contributed by atoms with E-state index in [1.165, 1.54) is 6.92 Å². The summed E-state index contributed by atoms with van der Waals surface area (Å²) in [4.78, 5) is 36.5. The van der Waals surface area contributed by atoms with Crippen molar-refractivity contribution in [3.05, 3.63) is 47.4 Å². The van der Waals surface area contributed by atoms with Crippen LogP contribution >= 0.6 is 0 Å². The molecule has 4 rings (SSSR count). The number of aromatic nitrogens is 1. The summed E-state index contributed by atoms with van der Waals surface area (Å²) in [5, 5.41) is 0.901. The number of rotatable bonds is 1. The molecule has 1 atom stereocenters. The van der Waals surface area contributed by atoms with Gasteiger partial charge in [0.05, 0.1) is 11.9 Å². The highest BCUT2D eigenvalue weighted by Gasteiger charge is 2.37. The molecular weight excluding hydrogens is 306 g/mol. The quantitative estimate of drug-likeness (QED) is 0.755. The minimum absolute atomic E-state index is 0.0495. The van der Waals surface area contributed by atoms with Crippen molar-refractivity contribution in [2.75, 3.05) is 0 Å². The van der Waals surface area contributed by atoms with Crippen molar-refractivity contribution in [3.8, 4) is 0 Å². The summed E-state index contributed by atoms with van der Waals surface area (Å²) in [7, 11) is 0. The Hall–Kier alpha value is -2.69. The molecule has 0 N–H and O–H groups in total. The van der Waals surface area contributed by atoms with Gasteiger partial charge in [-0.1, -0.05) is 18.2 Å². The topological polar surface area (TPSA) is 65.4 Å². The molecule has 0 fully saturated rings. The van der Waals surface area contributed by atoms with Gasteiger partial charge in [-0.05, 0) is 18.1 Å². The SMILES string of the molecule is CC(=O)n1cc([C@H]2CC(=O)OC3=C2C(=O)CCC3)c2ccccc21. The summed E-state index contributed by atoms with van der Waals surface area (Å²) in [6.45, 7) is 1.50. The zero-order valence-electron chi connectivity index (χ0n) is 13.4. The second kappa shape index (κ2) is 5.44. The Morgan fingerprint density at radius 3 is 2.79 bits per heavy atom. The number of Topliss-reactive ketones (excluding diaryl/α,β-unsaturated/α-hetero) is 1. The van der Waals surface area contributed by atoms with Gasteiger partial charge in [-0.3, -0.25) is 19.0 Å². The molecule has 0 spiro atoms. The number of hydrogen-bond donors (Lipinski definition) is 0. The van der Waals surface area contributed by atoms with Crippen LogP contribution in [0.2, 0.25) is 0 Å². The van der Waals surface area contributed by atoms with Crippen molar-refractivity contribution in [1.29, 1.82) is 0 Å². The molecule has 5 heteroatoms. The van der Waals surface area contributed by atoms with Crippen LogP contribution in [0.3, 0.4) is 0 Å². The van der Waals surface area contributed by atoms with Crippen LogP contribution in [0.5, 0.6) is 0 Å². The van der Waals surface area contributed by atoms with Gasteiger partial charge in [0.25, 0.3) is 0 Å². The van der Waals surface area contributed by atoms with Crippen LogP contribution in [0.25, 0.3) is 10.9 Å². The fourth-order valence-electron chi connectivity index (χ4n) is 3.79. The van der Waals surface area contributed by atoms with Crippen molar-refractivity contribution in [1.82, 2.24) is 4.57 Å². The van der Waals surface area contributed by atoms with E-state index >= 15 is 0 Å². The van der Waals surface area contributed by atoms with Crippen LogP contribution in [0, 0.1) is 0 Å². The molecule has 5 nitrogen and oxygen atoms in total. The molecule has 0 radical (unpaired) electrons. The fourth-order valence-corrected chi connectivity index (χ4v) is 3.79. The first-order valence-electron chi connectivity index (χ1n) is 8.14. The average Bonchev–Trinajstić information content (AvgIpc) is 2.94. The number of ether oxygens (including phenoxy) is 1. The van der Waals surface area contributed by atoms with Crippen LogP contribution in [0.4, 0.5) is 0 Å². The highest BCUT2D eigenvalue weighted by Crippen LogP contribution is 2.42. The zero-order chi connectivity index (χ0) is 16.8. The molecule has 1 aliphatic heterocycles. The van der Waals surface area contributed by atoms with Gasteiger partial charge in [-0.2, -0.15) is 0 Å². The van der Waals surface area contributed by atoms with E-state index in [-0.39, 0.29) is 30.0 Å². The third-order valence-electron chi connectivity index (χ3n) is 4.82. The first kappa shape index (κ1) is 14.9. The molecule has 0 saturated carbocycles. The van der Waals surface area contributed by atoms with E-state index in [2.05, 4.69) is 0 Å². The van der Waals surface area contributed by atoms with E-state index in [1.54, 1.807) is 10.8 Å². The number of hydrogen-bond acceptors (Lipinski definition) is 4. The van der Waals surface area contributed by atoms with Crippen molar-refractivity contribution in [2.45, 2.75) is 38.5 Å². The van der Waals surface area contributed by atoms with Crippen LogP contribution in [-0.4, -0.2) is 22.2 Å². The number of para-hydroxylation sites is 1. The second-order valence-corrected chi connectivity index (χ2v) is 6.33. The molecule has 2 aromatic rings. The van der Waals surface area contributed by atoms with Crippen molar-refractivity contribution < 1.29 is 19.1 Å². The lowest BCUT2D eigenvalue weighted by Gasteiger charge is -2.29. The molecule has 0 saturated heterocycles. The van der Waals surface area contributed by atoms with E-state index in [0.29, 0.717) is 30.6 Å². The Bertz CT molecular complexity index is 919. The average molecular weight is 323 g/mol. The van der Waals surface area contributed by atoms with Crippen molar-refractivity contribution in [2.24, 2.45) is 0 Å². The maximum absolute atomic E-state index is 12.5. The summed E-state index contributed by atoms with van der Waals surface area (Å²) < 4.78 is 6.91. The Balaban J connectivity index is 1.95. The van der Waals surface area contributed by atoms with Gasteiger partial charge in [0, 0.05) is 42.8 Å². The Labute approximate surface area is 138 Å². The van der Waals surface area contributed by atoms with Gasteiger partial charge in [0.15, 0.2) is 5.78 Å². The van der Waals surface area contributed by atoms with Gasteiger partial charge in [-0.25, -0.2) is 0 Å². The summed E-state index contributed by atoms with van der Waals surface area (Å²) >= 11 is 0. The lowest BCUT2D eigenvalue weighted by Crippen LogP contribution is -2.27. The molecule has 24 heavy (non-hydrogen) atoms. The normalized spacial score (nSPS) is 21.0. The molecule has 2 aliphatic rings. The monoisotopic (exact) mass is 323 g/mol. The molecule has 2 heterocycles. The third-order valence-corrected chi connectivity index (χ3v) is 4.82. The van der Waals surface area contributed by atoms with Crippen LogP contribution in [0.1, 0.15) is 48.9 Å². The summed E-state index contributed by atoms with van der Waals surface area (Å²) in [6.07, 6.45) is 3.72. The number of esters is 1. The summed E-state index contributed by atoms with van der Waals surface area (Å²) in [5.41, 5.74) is 2.26. The molecule has 0 bridgehead atoms. The predicted molar refractivity (Wildman–Crippen MR) is 87.6 cm³/mol. The molecule has 0 amide bonds. The van der Waals surface area contributed by atoms with Gasteiger partial charge in [0.1, 0.15) is 5.76 Å². The molecule has 122 valence electrons. The number of ketones is 1. The number of nitrogens with zero attached hydrogens (tertiary/aromatic N) is 1. The van der Waals surface area contributed by atoms with Gasteiger partial charge in [-0.15, -0.1) is 0 Å². The number of carbonyl (C=O) groups excluding carboxylic acids is 3. The van der Waals surface area contributed by atoms with E-state index in [9.17, 15) is 14.4 Å². The number of benzene rings is 1. The standard InChI is InChI=1S/C19H17NO4/c1-11(21)20-10-14(12-5-2-3-6-15(12)20)13-9-18(23)24-17-8-4-7-16(22)19(13)17/h2-3,5-6,10,13H,4,7-9H2,1H3/t13-/m1/s1. The number of fused-ring (bicyclic) bond motifs is 1. The van der Waals surface area contributed by atoms with Gasteiger partial charge in [0.2, 0.25) is 5.91 Å². The number of carbonyl (C=O) groups is 3. The molecule has 1 aliphatic carbocycles. The first-order valence-corrected chi connectivity index (χ1v) is 8.14. The molecular formula is C19H17NO4. The maximum Gasteiger partial charge on any atom is 0.311 e.